The molecule has 0 radical (unpaired) electrons. The van der Waals surface area contributed by atoms with Crippen molar-refractivity contribution in [1.29, 1.82) is 0 Å². The van der Waals surface area contributed by atoms with Gasteiger partial charge in [-0.05, 0) is 50.7 Å². The zero-order valence-corrected chi connectivity index (χ0v) is 28.4. The van der Waals surface area contributed by atoms with Crippen LogP contribution in [0.1, 0.15) is 57.6 Å². The summed E-state index contributed by atoms with van der Waals surface area (Å²) < 4.78 is 30.9. The zero-order valence-electron chi connectivity index (χ0n) is 25.9. The number of fused-ring (bicyclic) bond motifs is 1. The average molecular weight is 685 g/mol. The van der Waals surface area contributed by atoms with Crippen LogP contribution in [-0.2, 0) is 37.1 Å². The van der Waals surface area contributed by atoms with E-state index in [2.05, 4.69) is 75.5 Å². The van der Waals surface area contributed by atoms with E-state index >= 15 is 0 Å². The molecule has 0 unspecified atom stereocenters. The number of amides is 1. The van der Waals surface area contributed by atoms with Crippen molar-refractivity contribution in [1.82, 2.24) is 19.7 Å². The minimum absolute atomic E-state index is 0.0410. The summed E-state index contributed by atoms with van der Waals surface area (Å²) in [6.45, 7) is 15.9. The number of para-hydroxylation sites is 1. The van der Waals surface area contributed by atoms with Gasteiger partial charge in [-0.1, -0.05) is 77.9 Å². The number of nitrogens with zero attached hydrogens (tertiary/aromatic N) is 7. The van der Waals surface area contributed by atoms with E-state index in [4.69, 9.17) is 5.73 Å². The Kier molecular flexibility index (Phi) is 13.9. The van der Waals surface area contributed by atoms with E-state index in [-0.39, 0.29) is 33.2 Å². The molecular formula is C30H38ClN8NiO3S-2. The molecule has 2 aromatic heterocycles. The van der Waals surface area contributed by atoms with Crippen LogP contribution in [0.4, 0.5) is 17.2 Å². The molecule has 11 nitrogen and oxygen atoms in total. The van der Waals surface area contributed by atoms with Crippen LogP contribution in [0.3, 0.4) is 0 Å². The fourth-order valence-electron chi connectivity index (χ4n) is 4.12. The fourth-order valence-corrected chi connectivity index (χ4v) is 5.20. The van der Waals surface area contributed by atoms with Gasteiger partial charge in [0, 0.05) is 22.6 Å². The Morgan fingerprint density at radius 3 is 2.20 bits per heavy atom. The van der Waals surface area contributed by atoms with E-state index in [1.165, 1.54) is 48.7 Å². The molecule has 4 aromatic rings. The van der Waals surface area contributed by atoms with Gasteiger partial charge in [0.25, 0.3) is 0 Å². The van der Waals surface area contributed by atoms with Gasteiger partial charge in [-0.25, -0.2) is 8.42 Å². The number of aromatic nitrogens is 3. The molecule has 0 bridgehead atoms. The molecule has 1 amide bonds. The van der Waals surface area contributed by atoms with Crippen molar-refractivity contribution in [3.05, 3.63) is 82.5 Å². The first-order valence-electron chi connectivity index (χ1n) is 13.8. The van der Waals surface area contributed by atoms with Crippen LogP contribution in [0, 0.1) is 0 Å². The average Bonchev–Trinajstić information content (AvgIpc) is 3.31. The number of benzene rings is 2. The number of aryl methyl sites for hydroxylation is 1. The molecule has 0 aliphatic heterocycles. The molecule has 2 heterocycles. The summed E-state index contributed by atoms with van der Waals surface area (Å²) in [5.74, 6) is -0.918. The number of sulfonamides is 1. The van der Waals surface area contributed by atoms with Gasteiger partial charge in [-0.15, -0.1) is 10.2 Å². The van der Waals surface area contributed by atoms with Crippen molar-refractivity contribution in [3.63, 3.8) is 0 Å². The van der Waals surface area contributed by atoms with Gasteiger partial charge in [0.1, 0.15) is 15.7 Å². The predicted octanol–water partition coefficient (Wildman–Crippen LogP) is 8.30. The number of azo groups is 1. The fraction of sp³-hybridized carbons (Fsp3) is 0.367. The molecule has 0 aliphatic carbocycles. The minimum atomic E-state index is -4.35. The van der Waals surface area contributed by atoms with Crippen LogP contribution in [0.15, 0.2) is 75.9 Å². The van der Waals surface area contributed by atoms with Crippen LogP contribution in [0.2, 0.25) is 0 Å². The molecule has 14 heteroatoms. The van der Waals surface area contributed by atoms with Gasteiger partial charge < -0.3 is 24.8 Å². The van der Waals surface area contributed by atoms with Gasteiger partial charge in [0.15, 0.2) is 0 Å². The van der Waals surface area contributed by atoms with Gasteiger partial charge in [0.2, 0.25) is 0 Å². The molecule has 0 fully saturated rings. The molecule has 2 aromatic carbocycles. The Bertz CT molecular complexity index is 1670. The molecule has 241 valence electrons. The van der Waals surface area contributed by atoms with E-state index in [1.807, 2.05) is 20.8 Å². The molecule has 0 aliphatic rings. The number of rotatable bonds is 8. The molecule has 0 atom stereocenters. The molecule has 0 spiro atoms. The SMILES string of the molecule is CCN(CC)CC.Cn1nc(C(C)(C)C)c(N=Nc2ccccc2C(=O)[N-]S(=O)(=O)c2cccc3cccnc23)c1[NH-].[Cl][Ni]. The Morgan fingerprint density at radius 1 is 1.00 bits per heavy atom. The Hall–Kier alpha value is -3.38. The number of carbonyl (C=O) groups excluding carboxylic acids is 1. The van der Waals surface area contributed by atoms with Crippen LogP contribution >= 0.6 is 10.2 Å². The normalized spacial score (nSPS) is 11.6. The summed E-state index contributed by atoms with van der Waals surface area (Å²) in [7, 11) is 1.55. The third kappa shape index (κ3) is 9.31. The summed E-state index contributed by atoms with van der Waals surface area (Å²) in [6.07, 6.45) is 1.48. The standard InChI is InChI=1S/C24H24N7O3S.C6H15N.ClH.Ni/c1-24(2,3)21-20(22(25)31(4)29-21)28-27-17-12-6-5-11-16(17)23(32)30-35(33,34)18-13-7-9-15-10-8-14-26-19(15)18;1-4-7(5-2)6-3;;/h5-14H,1-4H3,(H2-,25,27,29,30,32);4-6H2,1-3H3;1H;/q-1;;;+1/p-2. The van der Waals surface area contributed by atoms with E-state index < -0.39 is 21.3 Å². The summed E-state index contributed by atoms with van der Waals surface area (Å²) >= 11 is 3.35. The molecular weight excluding hydrogens is 647 g/mol. The number of carbonyl (C=O) groups is 1. The van der Waals surface area contributed by atoms with Crippen molar-refractivity contribution in [3.8, 4) is 0 Å². The van der Waals surface area contributed by atoms with E-state index in [0.717, 1.165) is 0 Å². The number of hydrogen-bond acceptors (Lipinski definition) is 8. The zero-order chi connectivity index (χ0) is 33.1. The molecule has 0 saturated heterocycles. The van der Waals surface area contributed by atoms with Gasteiger partial charge in [-0.3, -0.25) is 10.1 Å². The second kappa shape index (κ2) is 16.6. The van der Waals surface area contributed by atoms with E-state index in [9.17, 15) is 13.2 Å². The molecule has 44 heavy (non-hydrogen) atoms. The first-order chi connectivity index (χ1) is 20.8. The number of nitrogens with one attached hydrogen (secondary N) is 1. The molecule has 0 saturated carbocycles. The first-order valence-corrected chi connectivity index (χ1v) is 16.6. The van der Waals surface area contributed by atoms with Crippen LogP contribution in [0.25, 0.3) is 21.4 Å². The Morgan fingerprint density at radius 2 is 1.61 bits per heavy atom. The number of halogens is 1. The summed E-state index contributed by atoms with van der Waals surface area (Å²) in [4.78, 5) is 19.3. The predicted molar refractivity (Wildman–Crippen MR) is 172 cm³/mol. The van der Waals surface area contributed by atoms with Gasteiger partial charge >= 0.3 is 24.8 Å². The van der Waals surface area contributed by atoms with Crippen molar-refractivity contribution >= 4 is 54.2 Å². The quantitative estimate of drug-likeness (QED) is 0.135. The van der Waals surface area contributed by atoms with Gasteiger partial charge in [-0.2, -0.15) is 0 Å². The second-order valence-corrected chi connectivity index (χ2v) is 12.0. The number of hydrogen-bond donors (Lipinski definition) is 0. The number of pyridine rings is 1. The van der Waals surface area contributed by atoms with Crippen molar-refractivity contribution < 1.29 is 27.8 Å². The topological polar surface area (TPSA) is 148 Å². The molecule has 4 rings (SSSR count). The second-order valence-electron chi connectivity index (χ2n) is 10.5. The van der Waals surface area contributed by atoms with E-state index in [1.54, 1.807) is 43.4 Å². The van der Waals surface area contributed by atoms with Crippen molar-refractivity contribution in [2.45, 2.75) is 51.9 Å². The Balaban J connectivity index is 0.000000661. The third-order valence-electron chi connectivity index (χ3n) is 6.54. The summed E-state index contributed by atoms with van der Waals surface area (Å²) in [6, 6.07) is 14.2. The third-order valence-corrected chi connectivity index (χ3v) is 7.83. The van der Waals surface area contributed by atoms with Crippen LogP contribution in [0.5, 0.6) is 0 Å². The van der Waals surface area contributed by atoms with Gasteiger partial charge in [0.05, 0.1) is 27.7 Å². The van der Waals surface area contributed by atoms with Crippen LogP contribution < -0.4 is 0 Å². The van der Waals surface area contributed by atoms with Crippen LogP contribution in [-0.4, -0.2) is 53.6 Å². The maximum atomic E-state index is 13.0. The Labute approximate surface area is 272 Å². The summed E-state index contributed by atoms with van der Waals surface area (Å²) in [5.41, 5.74) is 9.02. The summed E-state index contributed by atoms with van der Waals surface area (Å²) in [5, 5.41) is 13.3. The van der Waals surface area contributed by atoms with Crippen molar-refractivity contribution in [2.75, 3.05) is 19.6 Å². The monoisotopic (exact) mass is 683 g/mol. The van der Waals surface area contributed by atoms with Crippen molar-refractivity contribution in [2.24, 2.45) is 17.3 Å². The maximum absolute atomic E-state index is 13.0. The first kappa shape index (κ1) is 36.8. The molecule has 1 N–H and O–H groups in total. The van der Waals surface area contributed by atoms with E-state index in [0.29, 0.717) is 11.1 Å².